The van der Waals surface area contributed by atoms with Crippen LogP contribution in [-0.2, 0) is 14.4 Å². The van der Waals surface area contributed by atoms with Crippen molar-refractivity contribution >= 4 is 17.8 Å². The summed E-state index contributed by atoms with van der Waals surface area (Å²) in [6.45, 7) is 2.11. The molecule has 0 aromatic rings. The Morgan fingerprint density at radius 1 is 0.706 bits per heavy atom. The standard InChI is InChI=1S/C26H47NO6.H3N/c1-2-3-4-5-6-7-8-9-10-11-12-13-14-15-16-17-24(29)27(20-21-28)19-18-23(26(32)33)22-25(30)31;/h22,28H,2-21H2,1H3,(H,30,31)(H,32,33);1H3/p-1/b23-22-;. The minimum atomic E-state index is -1.62. The molecule has 1 amide bonds. The zero-order valence-corrected chi connectivity index (χ0v) is 21.7. The smallest absolute Gasteiger partial charge is 0.222 e. The lowest BCUT2D eigenvalue weighted by Crippen LogP contribution is -2.36. The van der Waals surface area contributed by atoms with Crippen LogP contribution in [0.25, 0.3) is 0 Å². The summed E-state index contributed by atoms with van der Waals surface area (Å²) >= 11 is 0. The first kappa shape index (κ1) is 34.2. The maximum Gasteiger partial charge on any atom is 0.222 e. The lowest BCUT2D eigenvalue weighted by atomic mass is 10.0. The van der Waals surface area contributed by atoms with E-state index in [1.807, 2.05) is 0 Å². The summed E-state index contributed by atoms with van der Waals surface area (Å²) in [5.41, 5.74) is -0.433. The molecular formula is C26H49N2O6-. The topological polar surface area (TPSA) is 157 Å². The minimum Gasteiger partial charge on any atom is -0.545 e. The third-order valence-electron chi connectivity index (χ3n) is 5.92. The first-order valence-electron chi connectivity index (χ1n) is 12.9. The number of aliphatic carboxylic acids is 2. The van der Waals surface area contributed by atoms with Gasteiger partial charge in [0.15, 0.2) is 0 Å². The molecule has 0 aromatic carbocycles. The van der Waals surface area contributed by atoms with Crippen LogP contribution in [0.1, 0.15) is 116 Å². The number of nitrogens with zero attached hydrogens (tertiary/aromatic N) is 1. The molecule has 0 heterocycles. The number of aliphatic hydroxyl groups excluding tert-OH is 1. The quantitative estimate of drug-likeness (QED) is 0.167. The molecule has 5 N–H and O–H groups in total. The van der Waals surface area contributed by atoms with E-state index >= 15 is 0 Å². The Bertz CT molecular complexity index is 565. The summed E-state index contributed by atoms with van der Waals surface area (Å²) < 4.78 is 0. The highest BCUT2D eigenvalue weighted by molar-refractivity contribution is 5.92. The lowest BCUT2D eigenvalue weighted by Gasteiger charge is -2.23. The Kier molecular flexibility index (Phi) is 24.4. The van der Waals surface area contributed by atoms with E-state index in [-0.39, 0.29) is 38.2 Å². The molecule has 200 valence electrons. The van der Waals surface area contributed by atoms with E-state index < -0.39 is 17.5 Å². The van der Waals surface area contributed by atoms with Gasteiger partial charge in [-0.05, 0) is 24.5 Å². The van der Waals surface area contributed by atoms with Gasteiger partial charge in [0.2, 0.25) is 5.91 Å². The predicted octanol–water partition coefficient (Wildman–Crippen LogP) is 3.26. The number of rotatable bonds is 23. The van der Waals surface area contributed by atoms with Gasteiger partial charge in [0.25, 0.3) is 0 Å². The van der Waals surface area contributed by atoms with Crippen molar-refractivity contribution in [3.63, 3.8) is 0 Å². The highest BCUT2D eigenvalue weighted by Gasteiger charge is 2.13. The number of amides is 1. The van der Waals surface area contributed by atoms with Crippen LogP contribution in [0.5, 0.6) is 0 Å². The number of quaternary nitrogens is 1. The monoisotopic (exact) mass is 485 g/mol. The Hall–Kier alpha value is -1.93. The van der Waals surface area contributed by atoms with E-state index in [0.29, 0.717) is 12.5 Å². The van der Waals surface area contributed by atoms with Crippen molar-refractivity contribution < 1.29 is 29.7 Å². The Morgan fingerprint density at radius 2 is 1.15 bits per heavy atom. The van der Waals surface area contributed by atoms with Crippen molar-refractivity contribution in [1.29, 1.82) is 0 Å². The van der Waals surface area contributed by atoms with Gasteiger partial charge in [-0.15, -0.1) is 0 Å². The fraction of sp³-hybridized carbons (Fsp3) is 0.808. The molecule has 0 bridgehead atoms. The van der Waals surface area contributed by atoms with E-state index in [9.17, 15) is 24.6 Å². The number of carboxylic acids is 2. The van der Waals surface area contributed by atoms with Crippen LogP contribution in [0.4, 0.5) is 0 Å². The molecule has 0 unspecified atom stereocenters. The Balaban J connectivity index is 0. The Labute approximate surface area is 206 Å². The SMILES string of the molecule is CCCCCCCCCCCCCCCCCC(=O)N(CCO)CC/C(=C/C(=O)[O-])C(=O)[O-].[NH4+]. The van der Waals surface area contributed by atoms with Crippen molar-refractivity contribution in [2.45, 2.75) is 116 Å². The van der Waals surface area contributed by atoms with Crippen molar-refractivity contribution in [1.82, 2.24) is 11.1 Å². The molecule has 8 heteroatoms. The number of carbonyl (C=O) groups is 3. The number of carbonyl (C=O) groups excluding carboxylic acids is 3. The maximum atomic E-state index is 12.4. The van der Waals surface area contributed by atoms with Gasteiger partial charge in [-0.3, -0.25) is 4.79 Å². The van der Waals surface area contributed by atoms with Crippen molar-refractivity contribution in [2.75, 3.05) is 19.7 Å². The molecule has 0 radical (unpaired) electrons. The molecule has 0 saturated carbocycles. The average molecular weight is 486 g/mol. The van der Waals surface area contributed by atoms with E-state index in [0.717, 1.165) is 19.3 Å². The van der Waals surface area contributed by atoms with Crippen LogP contribution < -0.4 is 16.4 Å². The summed E-state index contributed by atoms with van der Waals surface area (Å²) in [6, 6.07) is 0. The van der Waals surface area contributed by atoms with E-state index in [2.05, 4.69) is 6.92 Å². The summed E-state index contributed by atoms with van der Waals surface area (Å²) in [4.78, 5) is 35.3. The lowest BCUT2D eigenvalue weighted by molar-refractivity contribution is -0.303. The molecule has 0 aliphatic heterocycles. The van der Waals surface area contributed by atoms with Gasteiger partial charge >= 0.3 is 0 Å². The molecule has 0 saturated heterocycles. The summed E-state index contributed by atoms with van der Waals surface area (Å²) in [5.74, 6) is -3.38. The number of carboxylic acid groups (broad SMARTS) is 2. The van der Waals surface area contributed by atoms with E-state index in [4.69, 9.17) is 5.11 Å². The van der Waals surface area contributed by atoms with Gasteiger partial charge in [0.05, 0.1) is 18.5 Å². The zero-order chi connectivity index (χ0) is 24.7. The van der Waals surface area contributed by atoms with E-state index in [1.54, 1.807) is 0 Å². The second kappa shape index (κ2) is 24.2. The van der Waals surface area contributed by atoms with Crippen LogP contribution in [0, 0.1) is 0 Å². The molecule has 0 spiro atoms. The fourth-order valence-corrected chi connectivity index (χ4v) is 3.92. The normalized spacial score (nSPS) is 11.2. The molecule has 0 fully saturated rings. The van der Waals surface area contributed by atoms with Crippen LogP contribution in [0.3, 0.4) is 0 Å². The predicted molar refractivity (Wildman–Crippen MR) is 132 cm³/mol. The largest absolute Gasteiger partial charge is 0.545 e. The minimum absolute atomic E-state index is 0. The van der Waals surface area contributed by atoms with Crippen LogP contribution in [0.15, 0.2) is 11.6 Å². The second-order valence-corrected chi connectivity index (χ2v) is 8.83. The van der Waals surface area contributed by atoms with Gasteiger partial charge < -0.3 is 36.0 Å². The molecule has 0 aliphatic rings. The second-order valence-electron chi connectivity index (χ2n) is 8.83. The van der Waals surface area contributed by atoms with Gasteiger partial charge in [-0.2, -0.15) is 0 Å². The third kappa shape index (κ3) is 20.7. The zero-order valence-electron chi connectivity index (χ0n) is 21.7. The summed E-state index contributed by atoms with van der Waals surface area (Å²) in [6.07, 6.45) is 19.3. The molecule has 8 nitrogen and oxygen atoms in total. The molecular weight excluding hydrogens is 436 g/mol. The van der Waals surface area contributed by atoms with Crippen molar-refractivity contribution in [2.24, 2.45) is 0 Å². The molecule has 0 aromatic heterocycles. The number of aliphatic hydroxyl groups is 1. The first-order valence-corrected chi connectivity index (χ1v) is 12.9. The van der Waals surface area contributed by atoms with Crippen molar-refractivity contribution in [3.8, 4) is 0 Å². The van der Waals surface area contributed by atoms with Gasteiger partial charge in [-0.1, -0.05) is 96.8 Å². The van der Waals surface area contributed by atoms with Crippen molar-refractivity contribution in [3.05, 3.63) is 11.6 Å². The number of hydrogen-bond acceptors (Lipinski definition) is 6. The highest BCUT2D eigenvalue weighted by atomic mass is 16.4. The highest BCUT2D eigenvalue weighted by Crippen LogP contribution is 2.14. The Morgan fingerprint density at radius 3 is 1.53 bits per heavy atom. The maximum absolute atomic E-state index is 12.4. The van der Waals surface area contributed by atoms with Crippen LogP contribution in [-0.4, -0.2) is 47.5 Å². The average Bonchev–Trinajstić information content (AvgIpc) is 2.77. The summed E-state index contributed by atoms with van der Waals surface area (Å²) in [5, 5.41) is 30.7. The first-order chi connectivity index (χ1) is 15.9. The van der Waals surface area contributed by atoms with Gasteiger partial charge in [0, 0.05) is 19.5 Å². The number of unbranched alkanes of at least 4 members (excludes halogenated alkanes) is 14. The van der Waals surface area contributed by atoms with Crippen LogP contribution >= 0.6 is 0 Å². The van der Waals surface area contributed by atoms with E-state index in [1.165, 1.54) is 81.9 Å². The fourth-order valence-electron chi connectivity index (χ4n) is 3.92. The molecule has 34 heavy (non-hydrogen) atoms. The van der Waals surface area contributed by atoms with Gasteiger partial charge in [0.1, 0.15) is 0 Å². The third-order valence-corrected chi connectivity index (χ3v) is 5.92. The summed E-state index contributed by atoms with van der Waals surface area (Å²) in [7, 11) is 0. The van der Waals surface area contributed by atoms with Gasteiger partial charge in [-0.25, -0.2) is 0 Å². The van der Waals surface area contributed by atoms with Crippen LogP contribution in [0.2, 0.25) is 0 Å². The number of hydrogen-bond donors (Lipinski definition) is 2. The molecule has 0 atom stereocenters. The molecule has 0 aliphatic carbocycles. The molecule has 0 rings (SSSR count).